The van der Waals surface area contributed by atoms with E-state index in [0.29, 0.717) is 0 Å². The molecule has 2 heteroatoms. The first-order valence-corrected chi connectivity index (χ1v) is 3.65. The molecule has 0 atom stereocenters. The first-order chi connectivity index (χ1) is 4.72. The summed E-state index contributed by atoms with van der Waals surface area (Å²) in [6.07, 6.45) is 0. The zero-order chi connectivity index (χ0) is 9.28. The normalized spacial score (nSPS) is 12.4. The van der Waals surface area contributed by atoms with Crippen LogP contribution in [0.2, 0.25) is 0 Å². The highest BCUT2D eigenvalue weighted by Crippen LogP contribution is 2.25. The molecule has 62 valence electrons. The summed E-state index contributed by atoms with van der Waals surface area (Å²) < 4.78 is 0. The third-order valence-electron chi connectivity index (χ3n) is 1.52. The molecule has 0 aliphatic carbocycles. The van der Waals surface area contributed by atoms with E-state index in [-0.39, 0.29) is 5.78 Å². The van der Waals surface area contributed by atoms with Crippen molar-refractivity contribution in [2.24, 2.45) is 5.41 Å². The Bertz CT molecular complexity index is 203. The Morgan fingerprint density at radius 3 is 1.64 bits per heavy atom. The van der Waals surface area contributed by atoms with E-state index in [1.165, 1.54) is 0 Å². The van der Waals surface area contributed by atoms with Crippen LogP contribution in [0, 0.1) is 12.0 Å². The molecule has 0 radical (unpaired) electrons. The number of carbonyl (C=O) groups excluding carboxylic acids is 1. The van der Waals surface area contributed by atoms with E-state index in [9.17, 15) is 4.79 Å². The number of Topliss-reactive ketones (excluding diaryl/α,β-unsaturated/α-hetero) is 1. The fraction of sp³-hybridized carbons (Fsp3) is 0.778. The van der Waals surface area contributed by atoms with Gasteiger partial charge >= 0.3 is 0 Å². The van der Waals surface area contributed by atoms with E-state index < -0.39 is 11.0 Å². The van der Waals surface area contributed by atoms with E-state index in [4.69, 9.17) is 6.57 Å². The molecule has 0 aliphatic heterocycles. The van der Waals surface area contributed by atoms with Gasteiger partial charge in [-0.25, -0.2) is 6.57 Å². The molecular formula is C9H15NO. The Kier molecular flexibility index (Phi) is 2.45. The summed E-state index contributed by atoms with van der Waals surface area (Å²) in [7, 11) is 0. The Morgan fingerprint density at radius 2 is 1.55 bits per heavy atom. The summed E-state index contributed by atoms with van der Waals surface area (Å²) in [4.78, 5) is 14.8. The van der Waals surface area contributed by atoms with Gasteiger partial charge in [0.25, 0.3) is 5.54 Å². The second kappa shape index (κ2) is 2.65. The highest BCUT2D eigenvalue weighted by Gasteiger charge is 2.41. The standard InChI is InChI=1S/C9H15NO/c1-8(2,3)7(11)9(4,5)10-6/h1-5H3. The van der Waals surface area contributed by atoms with Crippen molar-refractivity contribution in [3.63, 3.8) is 0 Å². The van der Waals surface area contributed by atoms with E-state index >= 15 is 0 Å². The largest absolute Gasteiger partial charge is 0.303 e. The lowest BCUT2D eigenvalue weighted by atomic mass is 9.81. The number of ketones is 1. The van der Waals surface area contributed by atoms with Crippen LogP contribution < -0.4 is 0 Å². The van der Waals surface area contributed by atoms with Crippen molar-refractivity contribution in [3.05, 3.63) is 11.4 Å². The molecule has 0 rings (SSSR count). The van der Waals surface area contributed by atoms with Crippen LogP contribution in [-0.2, 0) is 4.79 Å². The molecule has 0 amide bonds. The third kappa shape index (κ3) is 2.34. The number of carbonyl (C=O) groups is 1. The lowest BCUT2D eigenvalue weighted by molar-refractivity contribution is -0.129. The number of nitrogens with zero attached hydrogens (tertiary/aromatic N) is 1. The van der Waals surface area contributed by atoms with Gasteiger partial charge in [0.15, 0.2) is 0 Å². The van der Waals surface area contributed by atoms with Crippen LogP contribution in [0.25, 0.3) is 4.85 Å². The van der Waals surface area contributed by atoms with Crippen LogP contribution >= 0.6 is 0 Å². The second-order valence-electron chi connectivity index (χ2n) is 4.25. The molecule has 0 N–H and O–H groups in total. The monoisotopic (exact) mass is 153 g/mol. The van der Waals surface area contributed by atoms with E-state index in [1.54, 1.807) is 13.8 Å². The average molecular weight is 153 g/mol. The number of hydrogen-bond acceptors (Lipinski definition) is 1. The van der Waals surface area contributed by atoms with Crippen LogP contribution in [-0.4, -0.2) is 11.3 Å². The van der Waals surface area contributed by atoms with Gasteiger partial charge in [-0.3, -0.25) is 4.79 Å². The fourth-order valence-corrected chi connectivity index (χ4v) is 0.968. The van der Waals surface area contributed by atoms with E-state index in [1.807, 2.05) is 20.8 Å². The van der Waals surface area contributed by atoms with Gasteiger partial charge in [-0.05, 0) is 0 Å². The molecule has 0 unspecified atom stereocenters. The van der Waals surface area contributed by atoms with Gasteiger partial charge in [-0.15, -0.1) is 0 Å². The SMILES string of the molecule is [C-]#[N+]C(C)(C)C(=O)C(C)(C)C. The molecule has 0 spiro atoms. The summed E-state index contributed by atoms with van der Waals surface area (Å²) in [6.45, 7) is 15.6. The van der Waals surface area contributed by atoms with Crippen LogP contribution in [0.4, 0.5) is 0 Å². The predicted molar refractivity (Wildman–Crippen MR) is 45.1 cm³/mol. The minimum absolute atomic E-state index is 0.000000000000000444. The molecular weight excluding hydrogens is 138 g/mol. The Hall–Kier alpha value is -0.840. The molecule has 0 fully saturated rings. The molecule has 0 saturated carbocycles. The van der Waals surface area contributed by atoms with Crippen LogP contribution in [0.1, 0.15) is 34.6 Å². The fourth-order valence-electron chi connectivity index (χ4n) is 0.968. The van der Waals surface area contributed by atoms with Gasteiger partial charge < -0.3 is 4.85 Å². The molecule has 0 aliphatic rings. The number of rotatable bonds is 1. The first-order valence-electron chi connectivity index (χ1n) is 3.65. The molecule has 0 bridgehead atoms. The molecule has 11 heavy (non-hydrogen) atoms. The van der Waals surface area contributed by atoms with Crippen LogP contribution in [0.5, 0.6) is 0 Å². The summed E-state index contributed by atoms with van der Waals surface area (Å²) in [5.41, 5.74) is -1.27. The second-order valence-corrected chi connectivity index (χ2v) is 4.25. The maximum absolute atomic E-state index is 11.5. The average Bonchev–Trinajstić information content (AvgIpc) is 1.84. The Labute approximate surface area is 68.4 Å². The van der Waals surface area contributed by atoms with Crippen molar-refractivity contribution in [2.75, 3.05) is 0 Å². The van der Waals surface area contributed by atoms with Gasteiger partial charge in [0.05, 0.1) is 0 Å². The summed E-state index contributed by atoms with van der Waals surface area (Å²) in [5.74, 6) is 0.000000000000000444. The van der Waals surface area contributed by atoms with Crippen molar-refractivity contribution in [1.29, 1.82) is 0 Å². The summed E-state index contributed by atoms with van der Waals surface area (Å²) in [5, 5.41) is 0. The van der Waals surface area contributed by atoms with Gasteiger partial charge in [-0.2, -0.15) is 0 Å². The van der Waals surface area contributed by atoms with Gasteiger partial charge in [-0.1, -0.05) is 20.8 Å². The summed E-state index contributed by atoms with van der Waals surface area (Å²) in [6, 6.07) is 0. The smallest absolute Gasteiger partial charge is 0.284 e. The van der Waals surface area contributed by atoms with Crippen LogP contribution in [0.3, 0.4) is 0 Å². The quantitative estimate of drug-likeness (QED) is 0.530. The minimum atomic E-state index is -0.863. The topological polar surface area (TPSA) is 21.4 Å². The Balaban J connectivity index is 4.68. The van der Waals surface area contributed by atoms with Crippen molar-refractivity contribution < 1.29 is 4.79 Å². The van der Waals surface area contributed by atoms with E-state index in [0.717, 1.165) is 0 Å². The van der Waals surface area contributed by atoms with Gasteiger partial charge in [0, 0.05) is 19.3 Å². The van der Waals surface area contributed by atoms with Gasteiger partial charge in [0.1, 0.15) is 0 Å². The molecule has 0 heterocycles. The molecule has 0 saturated heterocycles. The third-order valence-corrected chi connectivity index (χ3v) is 1.52. The van der Waals surface area contributed by atoms with Gasteiger partial charge in [0.2, 0.25) is 5.78 Å². The predicted octanol–water partition coefficient (Wildman–Crippen LogP) is 2.30. The first kappa shape index (κ1) is 10.2. The summed E-state index contributed by atoms with van der Waals surface area (Å²) >= 11 is 0. The molecule has 0 aromatic rings. The highest BCUT2D eigenvalue weighted by atomic mass is 16.1. The maximum atomic E-state index is 11.5. The lowest BCUT2D eigenvalue weighted by Crippen LogP contribution is -2.37. The zero-order valence-corrected chi connectivity index (χ0v) is 7.86. The molecule has 0 aromatic heterocycles. The highest BCUT2D eigenvalue weighted by molar-refractivity contribution is 5.93. The van der Waals surface area contributed by atoms with Crippen molar-refractivity contribution in [3.8, 4) is 0 Å². The Morgan fingerprint density at radius 1 is 1.18 bits per heavy atom. The lowest BCUT2D eigenvalue weighted by Gasteiger charge is -2.21. The molecule has 0 aromatic carbocycles. The number of hydrogen-bond donors (Lipinski definition) is 0. The zero-order valence-electron chi connectivity index (χ0n) is 7.86. The van der Waals surface area contributed by atoms with Crippen LogP contribution in [0.15, 0.2) is 0 Å². The van der Waals surface area contributed by atoms with Crippen molar-refractivity contribution in [1.82, 2.24) is 0 Å². The van der Waals surface area contributed by atoms with Crippen molar-refractivity contribution >= 4 is 5.78 Å². The van der Waals surface area contributed by atoms with E-state index in [2.05, 4.69) is 4.85 Å². The molecule has 2 nitrogen and oxygen atoms in total. The maximum Gasteiger partial charge on any atom is 0.284 e. The van der Waals surface area contributed by atoms with Crippen molar-refractivity contribution in [2.45, 2.75) is 40.2 Å². The minimum Gasteiger partial charge on any atom is -0.303 e.